The van der Waals surface area contributed by atoms with Gasteiger partial charge in [0.05, 0.1) is 5.75 Å². The maximum absolute atomic E-state index is 12.6. The lowest BCUT2D eigenvalue weighted by Crippen LogP contribution is -2.42. The number of aromatic nitrogens is 2. The molecule has 1 aromatic carbocycles. The van der Waals surface area contributed by atoms with Crippen LogP contribution in [0.5, 0.6) is 0 Å². The minimum absolute atomic E-state index is 0.0681. The maximum Gasteiger partial charge on any atom is 0.218 e. The fourth-order valence-corrected chi connectivity index (χ4v) is 4.52. The van der Waals surface area contributed by atoms with Crippen LogP contribution in [0.2, 0.25) is 0 Å². The van der Waals surface area contributed by atoms with Crippen molar-refractivity contribution in [2.45, 2.75) is 31.6 Å². The first kappa shape index (κ1) is 16.9. The Kier molecular flexibility index (Phi) is 5.11. The third-order valence-electron chi connectivity index (χ3n) is 4.21. The molecule has 0 bridgehead atoms. The Balaban J connectivity index is 1.57. The number of hydrogen-bond acceptors (Lipinski definition) is 5. The van der Waals surface area contributed by atoms with E-state index in [1.165, 1.54) is 6.33 Å². The summed E-state index contributed by atoms with van der Waals surface area (Å²) in [6, 6.07) is 9.74. The van der Waals surface area contributed by atoms with Crippen LogP contribution in [0.4, 0.5) is 5.82 Å². The second-order valence-corrected chi connectivity index (χ2v) is 8.13. The van der Waals surface area contributed by atoms with Gasteiger partial charge >= 0.3 is 0 Å². The lowest BCUT2D eigenvalue weighted by molar-refractivity contribution is 0.329. The van der Waals surface area contributed by atoms with Crippen molar-refractivity contribution in [1.29, 1.82) is 0 Å². The van der Waals surface area contributed by atoms with Gasteiger partial charge in [-0.15, -0.1) is 0 Å². The number of aryl methyl sites for hydroxylation is 1. The molecule has 3 rings (SSSR count). The van der Waals surface area contributed by atoms with Gasteiger partial charge in [-0.2, -0.15) is 0 Å². The number of anilines is 1. The summed E-state index contributed by atoms with van der Waals surface area (Å²) in [6.07, 6.45) is 4.74. The number of hydrogen-bond donors (Lipinski definition) is 1. The molecule has 0 atom stereocenters. The van der Waals surface area contributed by atoms with Crippen LogP contribution in [0.25, 0.3) is 0 Å². The van der Waals surface area contributed by atoms with E-state index in [1.807, 2.05) is 37.3 Å². The van der Waals surface area contributed by atoms with Crippen molar-refractivity contribution in [3.8, 4) is 0 Å². The number of rotatable bonds is 5. The predicted octanol–water partition coefficient (Wildman–Crippen LogP) is 2.19. The maximum atomic E-state index is 12.6. The third kappa shape index (κ3) is 4.30. The van der Waals surface area contributed by atoms with E-state index in [-0.39, 0.29) is 11.8 Å². The monoisotopic (exact) mass is 346 g/mol. The van der Waals surface area contributed by atoms with E-state index in [0.717, 1.165) is 29.8 Å². The lowest BCUT2D eigenvalue weighted by Gasteiger charge is -2.31. The summed E-state index contributed by atoms with van der Waals surface area (Å²) in [5, 5.41) is 3.34. The number of sulfonamides is 1. The fraction of sp³-hybridized carbons (Fsp3) is 0.412. The number of nitrogens with one attached hydrogen (secondary N) is 1. The van der Waals surface area contributed by atoms with Crippen LogP contribution in [-0.2, 0) is 15.8 Å². The third-order valence-corrected chi connectivity index (χ3v) is 6.06. The highest BCUT2D eigenvalue weighted by atomic mass is 32.2. The van der Waals surface area contributed by atoms with Gasteiger partial charge in [-0.3, -0.25) is 0 Å². The molecule has 0 radical (unpaired) electrons. The van der Waals surface area contributed by atoms with Gasteiger partial charge in [-0.1, -0.05) is 29.8 Å². The van der Waals surface area contributed by atoms with Crippen molar-refractivity contribution < 1.29 is 8.42 Å². The molecule has 0 amide bonds. The van der Waals surface area contributed by atoms with Crippen LogP contribution in [0, 0.1) is 6.92 Å². The van der Waals surface area contributed by atoms with Crippen LogP contribution in [0.3, 0.4) is 0 Å². The highest BCUT2D eigenvalue weighted by Gasteiger charge is 2.28. The largest absolute Gasteiger partial charge is 0.367 e. The summed E-state index contributed by atoms with van der Waals surface area (Å²) in [5.74, 6) is 0.852. The summed E-state index contributed by atoms with van der Waals surface area (Å²) in [4.78, 5) is 8.04. The van der Waals surface area contributed by atoms with Crippen LogP contribution in [0.1, 0.15) is 24.0 Å². The van der Waals surface area contributed by atoms with Crippen LogP contribution in [-0.4, -0.2) is 41.8 Å². The van der Waals surface area contributed by atoms with E-state index >= 15 is 0 Å². The molecule has 1 aliphatic heterocycles. The minimum atomic E-state index is -3.27. The van der Waals surface area contributed by atoms with E-state index in [1.54, 1.807) is 10.5 Å². The zero-order valence-electron chi connectivity index (χ0n) is 13.7. The van der Waals surface area contributed by atoms with E-state index < -0.39 is 10.0 Å². The van der Waals surface area contributed by atoms with E-state index in [4.69, 9.17) is 0 Å². The Morgan fingerprint density at radius 3 is 2.71 bits per heavy atom. The molecule has 6 nitrogen and oxygen atoms in total. The first-order valence-electron chi connectivity index (χ1n) is 8.09. The summed E-state index contributed by atoms with van der Waals surface area (Å²) in [6.45, 7) is 3.05. The van der Waals surface area contributed by atoms with Gasteiger partial charge in [0.1, 0.15) is 12.1 Å². The van der Waals surface area contributed by atoms with Gasteiger partial charge in [-0.25, -0.2) is 22.7 Å². The van der Waals surface area contributed by atoms with Gasteiger partial charge in [-0.05, 0) is 31.4 Å². The zero-order valence-corrected chi connectivity index (χ0v) is 14.5. The molecule has 1 fully saturated rings. The van der Waals surface area contributed by atoms with Crippen molar-refractivity contribution in [1.82, 2.24) is 14.3 Å². The summed E-state index contributed by atoms with van der Waals surface area (Å²) in [7, 11) is -3.27. The molecule has 1 N–H and O–H groups in total. The standard InChI is InChI=1S/C17H22N4O2S/c1-14-3-2-4-15(11-14)12-24(22,23)21-9-6-16(7-10-21)20-17-5-8-18-13-19-17/h2-5,8,11,13,16H,6-7,9-10,12H2,1H3,(H,18,19,20). The zero-order chi connectivity index (χ0) is 17.0. The van der Waals surface area contributed by atoms with Gasteiger partial charge in [0.15, 0.2) is 0 Å². The van der Waals surface area contributed by atoms with Crippen molar-refractivity contribution in [2.24, 2.45) is 0 Å². The molecule has 0 unspecified atom stereocenters. The van der Waals surface area contributed by atoms with Crippen molar-refractivity contribution in [3.05, 3.63) is 54.0 Å². The number of nitrogens with zero attached hydrogens (tertiary/aromatic N) is 3. The Morgan fingerprint density at radius 2 is 2.04 bits per heavy atom. The second kappa shape index (κ2) is 7.27. The van der Waals surface area contributed by atoms with E-state index in [2.05, 4.69) is 15.3 Å². The number of benzene rings is 1. The Labute approximate surface area is 143 Å². The van der Waals surface area contributed by atoms with Gasteiger partial charge < -0.3 is 5.32 Å². The molecule has 0 aliphatic carbocycles. The van der Waals surface area contributed by atoms with Crippen LogP contribution in [0.15, 0.2) is 42.9 Å². The molecule has 0 spiro atoms. The first-order chi connectivity index (χ1) is 11.5. The fourth-order valence-electron chi connectivity index (χ4n) is 2.97. The highest BCUT2D eigenvalue weighted by molar-refractivity contribution is 7.88. The van der Waals surface area contributed by atoms with Gasteiger partial charge in [0.2, 0.25) is 10.0 Å². The summed E-state index contributed by atoms with van der Waals surface area (Å²) in [5.41, 5.74) is 1.92. The summed E-state index contributed by atoms with van der Waals surface area (Å²) >= 11 is 0. The van der Waals surface area contributed by atoms with Crippen molar-refractivity contribution in [2.75, 3.05) is 18.4 Å². The van der Waals surface area contributed by atoms with Gasteiger partial charge in [0.25, 0.3) is 0 Å². The molecular weight excluding hydrogens is 324 g/mol. The van der Waals surface area contributed by atoms with Crippen molar-refractivity contribution >= 4 is 15.8 Å². The molecule has 2 aromatic rings. The van der Waals surface area contributed by atoms with Crippen LogP contribution >= 0.6 is 0 Å². The Morgan fingerprint density at radius 1 is 1.25 bits per heavy atom. The van der Waals surface area contributed by atoms with Crippen molar-refractivity contribution in [3.63, 3.8) is 0 Å². The predicted molar refractivity (Wildman–Crippen MR) is 94.1 cm³/mol. The molecule has 2 heterocycles. The topological polar surface area (TPSA) is 75.2 Å². The smallest absolute Gasteiger partial charge is 0.218 e. The Bertz CT molecular complexity index is 772. The average molecular weight is 346 g/mol. The molecule has 24 heavy (non-hydrogen) atoms. The quantitative estimate of drug-likeness (QED) is 0.898. The minimum Gasteiger partial charge on any atom is -0.367 e. The first-order valence-corrected chi connectivity index (χ1v) is 9.70. The molecular formula is C17H22N4O2S. The molecule has 7 heteroatoms. The Hall–Kier alpha value is -1.99. The molecule has 128 valence electrons. The van der Waals surface area contributed by atoms with Gasteiger partial charge in [0, 0.05) is 25.3 Å². The van der Waals surface area contributed by atoms with E-state index in [9.17, 15) is 8.42 Å². The normalized spacial score (nSPS) is 16.9. The summed E-state index contributed by atoms with van der Waals surface area (Å²) < 4.78 is 26.8. The number of piperidine rings is 1. The highest BCUT2D eigenvalue weighted by Crippen LogP contribution is 2.20. The molecule has 0 saturated carbocycles. The molecule has 1 saturated heterocycles. The molecule has 1 aromatic heterocycles. The SMILES string of the molecule is Cc1cccc(CS(=O)(=O)N2CCC(Nc3ccncn3)CC2)c1. The molecule has 1 aliphatic rings. The van der Waals surface area contributed by atoms with E-state index in [0.29, 0.717) is 13.1 Å². The second-order valence-electron chi connectivity index (χ2n) is 6.16. The van der Waals surface area contributed by atoms with Crippen LogP contribution < -0.4 is 5.32 Å². The average Bonchev–Trinajstić information content (AvgIpc) is 2.56. The lowest BCUT2D eigenvalue weighted by atomic mass is 10.1.